The predicted molar refractivity (Wildman–Crippen MR) is 101 cm³/mol. The van der Waals surface area contributed by atoms with Crippen LogP contribution >= 0.6 is 0 Å². The van der Waals surface area contributed by atoms with Crippen molar-refractivity contribution in [1.29, 1.82) is 0 Å². The lowest BCUT2D eigenvalue weighted by molar-refractivity contribution is -0.138. The van der Waals surface area contributed by atoms with Gasteiger partial charge in [0, 0.05) is 49.5 Å². The van der Waals surface area contributed by atoms with Crippen LogP contribution in [0.3, 0.4) is 0 Å². The van der Waals surface area contributed by atoms with Crippen molar-refractivity contribution in [3.05, 3.63) is 53.5 Å². The van der Waals surface area contributed by atoms with Crippen molar-refractivity contribution in [2.45, 2.75) is 32.2 Å². The zero-order chi connectivity index (χ0) is 19.7. The van der Waals surface area contributed by atoms with Crippen molar-refractivity contribution in [1.82, 2.24) is 15.0 Å². The zero-order valence-corrected chi connectivity index (χ0v) is 15.6. The van der Waals surface area contributed by atoms with Crippen LogP contribution in [0.5, 0.6) is 0 Å². The SMILES string of the molecule is Cc1cc(N2CCC(C(=O)N3N=CC[C@H]3c3cc(F)cc(F)c3)CC2)ncn1. The number of piperidine rings is 1. The molecular formula is C20H21F2N5O. The van der Waals surface area contributed by atoms with E-state index in [1.165, 1.54) is 17.1 Å². The molecule has 3 heterocycles. The minimum absolute atomic E-state index is 0.0954. The van der Waals surface area contributed by atoms with Gasteiger partial charge in [0.05, 0.1) is 6.04 Å². The van der Waals surface area contributed by atoms with Crippen LogP contribution in [0.25, 0.3) is 0 Å². The van der Waals surface area contributed by atoms with Crippen molar-refractivity contribution < 1.29 is 13.6 Å². The number of hydrazone groups is 1. The number of carbonyl (C=O) groups is 1. The first-order valence-electron chi connectivity index (χ1n) is 9.36. The molecule has 0 aliphatic carbocycles. The largest absolute Gasteiger partial charge is 0.356 e. The molecule has 1 saturated heterocycles. The first-order valence-corrected chi connectivity index (χ1v) is 9.36. The van der Waals surface area contributed by atoms with Gasteiger partial charge in [-0.3, -0.25) is 4.79 Å². The number of benzene rings is 1. The summed E-state index contributed by atoms with van der Waals surface area (Å²) < 4.78 is 27.2. The van der Waals surface area contributed by atoms with Gasteiger partial charge in [0.25, 0.3) is 0 Å². The van der Waals surface area contributed by atoms with Crippen molar-refractivity contribution in [2.75, 3.05) is 18.0 Å². The van der Waals surface area contributed by atoms with E-state index in [1.54, 1.807) is 12.5 Å². The molecule has 1 amide bonds. The van der Waals surface area contributed by atoms with Crippen molar-refractivity contribution in [3.8, 4) is 0 Å². The Bertz CT molecular complexity index is 891. The van der Waals surface area contributed by atoms with E-state index in [0.717, 1.165) is 17.6 Å². The Kier molecular flexibility index (Phi) is 5.02. The molecular weight excluding hydrogens is 364 g/mol. The predicted octanol–water partition coefficient (Wildman–Crippen LogP) is 3.24. The molecule has 0 N–H and O–H groups in total. The molecule has 0 bridgehead atoms. The summed E-state index contributed by atoms with van der Waals surface area (Å²) in [5.74, 6) is -0.700. The second-order valence-electron chi connectivity index (χ2n) is 7.21. The normalized spacial score (nSPS) is 20.0. The number of aryl methyl sites for hydroxylation is 1. The highest BCUT2D eigenvalue weighted by Gasteiger charge is 2.35. The number of nitrogens with zero attached hydrogens (tertiary/aromatic N) is 5. The molecule has 1 atom stereocenters. The lowest BCUT2D eigenvalue weighted by Gasteiger charge is -2.34. The summed E-state index contributed by atoms with van der Waals surface area (Å²) in [7, 11) is 0. The molecule has 4 rings (SSSR count). The summed E-state index contributed by atoms with van der Waals surface area (Å²) in [5, 5.41) is 5.59. The van der Waals surface area contributed by atoms with Gasteiger partial charge in [-0.1, -0.05) is 0 Å². The van der Waals surface area contributed by atoms with Crippen LogP contribution in [-0.4, -0.2) is 40.2 Å². The molecule has 1 fully saturated rings. The van der Waals surface area contributed by atoms with E-state index in [4.69, 9.17) is 0 Å². The van der Waals surface area contributed by atoms with Crippen molar-refractivity contribution in [3.63, 3.8) is 0 Å². The molecule has 1 aromatic carbocycles. The average molecular weight is 385 g/mol. The van der Waals surface area contributed by atoms with Gasteiger partial charge < -0.3 is 4.90 Å². The number of carbonyl (C=O) groups excluding carboxylic acids is 1. The standard InChI is InChI=1S/C20H21F2N5O/c1-13-8-19(24-12-23-13)26-6-3-14(4-7-26)20(28)27-18(2-5-25-27)15-9-16(21)11-17(22)10-15/h5,8-12,14,18H,2-4,6-7H2,1H3/t18-/m0/s1. The average Bonchev–Trinajstić information content (AvgIpc) is 3.17. The van der Waals surface area contributed by atoms with Gasteiger partial charge in [-0.25, -0.2) is 23.8 Å². The van der Waals surface area contributed by atoms with Gasteiger partial charge in [-0.2, -0.15) is 5.10 Å². The topological polar surface area (TPSA) is 61.7 Å². The van der Waals surface area contributed by atoms with Crippen LogP contribution in [-0.2, 0) is 4.79 Å². The maximum absolute atomic E-state index is 13.6. The van der Waals surface area contributed by atoms with E-state index >= 15 is 0 Å². The Morgan fingerprint density at radius 1 is 1.07 bits per heavy atom. The fourth-order valence-corrected chi connectivity index (χ4v) is 3.83. The zero-order valence-electron chi connectivity index (χ0n) is 15.6. The van der Waals surface area contributed by atoms with E-state index in [-0.39, 0.29) is 11.8 Å². The van der Waals surface area contributed by atoms with E-state index < -0.39 is 17.7 Å². The summed E-state index contributed by atoms with van der Waals surface area (Å²) in [6.45, 7) is 3.34. The maximum Gasteiger partial charge on any atom is 0.246 e. The van der Waals surface area contributed by atoms with Gasteiger partial charge in [0.15, 0.2) is 0 Å². The minimum atomic E-state index is -0.650. The fourth-order valence-electron chi connectivity index (χ4n) is 3.83. The Balaban J connectivity index is 1.44. The summed E-state index contributed by atoms with van der Waals surface area (Å²) in [6.07, 6.45) is 4.98. The lowest BCUT2D eigenvalue weighted by Crippen LogP contribution is -2.41. The van der Waals surface area contributed by atoms with Crippen LogP contribution in [0.4, 0.5) is 14.6 Å². The highest BCUT2D eigenvalue weighted by molar-refractivity contribution is 5.82. The number of amides is 1. The molecule has 0 unspecified atom stereocenters. The molecule has 0 radical (unpaired) electrons. The van der Waals surface area contributed by atoms with E-state index in [9.17, 15) is 13.6 Å². The van der Waals surface area contributed by atoms with E-state index in [1.807, 2.05) is 13.0 Å². The number of rotatable bonds is 3. The van der Waals surface area contributed by atoms with Crippen LogP contribution in [0.1, 0.15) is 36.6 Å². The Labute approximate surface area is 161 Å². The molecule has 2 aliphatic rings. The van der Waals surface area contributed by atoms with Gasteiger partial charge in [-0.15, -0.1) is 0 Å². The third-order valence-electron chi connectivity index (χ3n) is 5.28. The highest BCUT2D eigenvalue weighted by Crippen LogP contribution is 2.33. The third kappa shape index (κ3) is 3.72. The molecule has 0 saturated carbocycles. The molecule has 8 heteroatoms. The van der Waals surface area contributed by atoms with Crippen LogP contribution in [0.2, 0.25) is 0 Å². The number of hydrogen-bond acceptors (Lipinski definition) is 5. The van der Waals surface area contributed by atoms with Gasteiger partial charge >= 0.3 is 0 Å². The second-order valence-corrected chi connectivity index (χ2v) is 7.21. The van der Waals surface area contributed by atoms with Crippen molar-refractivity contribution in [2.24, 2.45) is 11.0 Å². The van der Waals surface area contributed by atoms with E-state index in [2.05, 4.69) is 20.0 Å². The minimum Gasteiger partial charge on any atom is -0.356 e. The van der Waals surface area contributed by atoms with Gasteiger partial charge in [0.1, 0.15) is 23.8 Å². The fraction of sp³-hybridized carbons (Fsp3) is 0.400. The molecule has 6 nitrogen and oxygen atoms in total. The summed E-state index contributed by atoms with van der Waals surface area (Å²) in [6, 6.07) is 4.84. The van der Waals surface area contributed by atoms with Crippen LogP contribution < -0.4 is 4.90 Å². The number of anilines is 1. The van der Waals surface area contributed by atoms with Crippen LogP contribution in [0.15, 0.2) is 35.7 Å². The molecule has 2 aromatic rings. The summed E-state index contributed by atoms with van der Waals surface area (Å²) in [5.41, 5.74) is 1.33. The number of halogens is 2. The smallest absolute Gasteiger partial charge is 0.246 e. The molecule has 28 heavy (non-hydrogen) atoms. The Morgan fingerprint density at radius 2 is 1.79 bits per heavy atom. The monoisotopic (exact) mass is 385 g/mol. The Hall–Kier alpha value is -2.90. The molecule has 1 aromatic heterocycles. The Morgan fingerprint density at radius 3 is 2.46 bits per heavy atom. The van der Waals surface area contributed by atoms with Gasteiger partial charge in [-0.05, 0) is 37.5 Å². The number of hydrogen-bond donors (Lipinski definition) is 0. The first kappa shape index (κ1) is 18.5. The molecule has 2 aliphatic heterocycles. The van der Waals surface area contributed by atoms with Gasteiger partial charge in [0.2, 0.25) is 5.91 Å². The maximum atomic E-state index is 13.6. The quantitative estimate of drug-likeness (QED) is 0.814. The molecule has 146 valence electrons. The van der Waals surface area contributed by atoms with Crippen molar-refractivity contribution >= 4 is 17.9 Å². The first-order chi connectivity index (χ1) is 13.5. The number of aromatic nitrogens is 2. The molecule has 0 spiro atoms. The van der Waals surface area contributed by atoms with E-state index in [0.29, 0.717) is 37.9 Å². The summed E-state index contributed by atoms with van der Waals surface area (Å²) in [4.78, 5) is 23.6. The summed E-state index contributed by atoms with van der Waals surface area (Å²) >= 11 is 0. The lowest BCUT2D eigenvalue weighted by atomic mass is 9.94. The second kappa shape index (κ2) is 7.61. The highest BCUT2D eigenvalue weighted by atomic mass is 19.1. The third-order valence-corrected chi connectivity index (χ3v) is 5.28. The van der Waals surface area contributed by atoms with Crippen LogP contribution in [0, 0.1) is 24.5 Å².